The lowest BCUT2D eigenvalue weighted by atomic mass is 10.00. The Bertz CT molecular complexity index is 1690. The van der Waals surface area contributed by atoms with E-state index < -0.39 is 65.3 Å². The Morgan fingerprint density at radius 3 is 2.14 bits per heavy atom. The van der Waals surface area contributed by atoms with Gasteiger partial charge in [0.2, 0.25) is 9.84 Å². The van der Waals surface area contributed by atoms with Crippen molar-refractivity contribution in [1.82, 2.24) is 20.2 Å². The highest BCUT2D eigenvalue weighted by Gasteiger charge is 2.81. The summed E-state index contributed by atoms with van der Waals surface area (Å²) in [5.41, 5.74) is 1.11. The largest absolute Gasteiger partial charge is 0.494 e. The summed E-state index contributed by atoms with van der Waals surface area (Å²) in [5, 5.41) is 21.0. The summed E-state index contributed by atoms with van der Waals surface area (Å²) in [6.07, 6.45) is -10.5. The SMILES string of the molecule is C[C@H](CCOCc1ccc(OCCCC(F)(F)C(F)(F)C(F)(F)C(F)(F)F)cc1)C(O)C#C[C@H](C)CS(=O)(=O)c1nnnn1-c1ccccc1. The van der Waals surface area contributed by atoms with E-state index >= 15 is 0 Å². The minimum absolute atomic E-state index is 0.0940. The van der Waals surface area contributed by atoms with Gasteiger partial charge in [-0.1, -0.05) is 61.1 Å². The number of aliphatic hydroxyl groups excluding tert-OH is 1. The Balaban J connectivity index is 1.39. The number of benzene rings is 2. The van der Waals surface area contributed by atoms with Gasteiger partial charge >= 0.3 is 23.9 Å². The fourth-order valence-corrected chi connectivity index (χ4v) is 5.72. The summed E-state index contributed by atoms with van der Waals surface area (Å²) in [6.45, 7) is 2.97. The number of aliphatic hydroxyl groups is 1. The first-order chi connectivity index (χ1) is 23.2. The lowest BCUT2D eigenvalue weighted by Gasteiger charge is -2.33. The maximum atomic E-state index is 13.6. The standard InChI is InChI=1S/C31H33F9N4O5S/c1-21(20-50(46,47)27-41-42-43-44(27)24-7-4-3-5-8-24)9-14-26(45)22(2)15-18-48-19-23-10-12-25(13-11-23)49-17-6-16-28(32,33)29(34,35)30(36,37)31(38,39)40/h3-5,7-8,10-13,21-22,26,45H,6,15-20H2,1-2H3/t21-,22+,26?/m0/s1. The maximum absolute atomic E-state index is 13.6. The molecule has 0 spiro atoms. The van der Waals surface area contributed by atoms with Gasteiger partial charge in [-0.3, -0.25) is 0 Å². The minimum Gasteiger partial charge on any atom is -0.494 e. The fraction of sp³-hybridized carbons (Fsp3) is 0.516. The predicted octanol–water partition coefficient (Wildman–Crippen LogP) is 6.31. The molecule has 3 rings (SSSR count). The predicted molar refractivity (Wildman–Crippen MR) is 160 cm³/mol. The molecule has 0 saturated carbocycles. The van der Waals surface area contributed by atoms with E-state index in [1.165, 1.54) is 24.3 Å². The first-order valence-electron chi connectivity index (χ1n) is 14.9. The molecule has 1 N–H and O–H groups in total. The summed E-state index contributed by atoms with van der Waals surface area (Å²) < 4.78 is 154. The van der Waals surface area contributed by atoms with Gasteiger partial charge in [-0.05, 0) is 59.0 Å². The molecule has 276 valence electrons. The second kappa shape index (κ2) is 16.4. The van der Waals surface area contributed by atoms with Gasteiger partial charge in [0.1, 0.15) is 11.9 Å². The van der Waals surface area contributed by atoms with Gasteiger partial charge in [0.25, 0.3) is 5.16 Å². The molecule has 1 aromatic heterocycles. The highest BCUT2D eigenvalue weighted by molar-refractivity contribution is 7.91. The summed E-state index contributed by atoms with van der Waals surface area (Å²) in [7, 11) is -3.93. The van der Waals surface area contributed by atoms with E-state index in [0.29, 0.717) is 17.7 Å². The van der Waals surface area contributed by atoms with E-state index in [-0.39, 0.29) is 35.8 Å². The number of tetrazole rings is 1. The highest BCUT2D eigenvalue weighted by Crippen LogP contribution is 2.54. The van der Waals surface area contributed by atoms with Crippen molar-refractivity contribution < 1.29 is 62.5 Å². The van der Waals surface area contributed by atoms with Crippen LogP contribution in [0.5, 0.6) is 5.75 Å². The number of alkyl halides is 9. The van der Waals surface area contributed by atoms with Crippen molar-refractivity contribution >= 4 is 9.84 Å². The van der Waals surface area contributed by atoms with Crippen LogP contribution in [0.4, 0.5) is 39.5 Å². The van der Waals surface area contributed by atoms with Crippen LogP contribution in [0.3, 0.4) is 0 Å². The Morgan fingerprint density at radius 1 is 0.880 bits per heavy atom. The Hall–Kier alpha value is -3.89. The summed E-state index contributed by atoms with van der Waals surface area (Å²) in [4.78, 5) is 0. The first-order valence-corrected chi connectivity index (χ1v) is 16.6. The summed E-state index contributed by atoms with van der Waals surface area (Å²) in [6, 6.07) is 14.3. The van der Waals surface area contributed by atoms with Crippen LogP contribution < -0.4 is 4.74 Å². The van der Waals surface area contributed by atoms with Crippen molar-refractivity contribution in [3.63, 3.8) is 0 Å². The molecule has 0 aliphatic heterocycles. The fourth-order valence-electron chi connectivity index (χ4n) is 4.27. The Kier molecular flexibility index (Phi) is 13.3. The number of nitrogens with zero attached hydrogens (tertiary/aromatic N) is 4. The number of hydrogen-bond acceptors (Lipinski definition) is 8. The zero-order valence-electron chi connectivity index (χ0n) is 26.6. The molecule has 50 heavy (non-hydrogen) atoms. The molecule has 9 nitrogen and oxygen atoms in total. The molecule has 0 aliphatic carbocycles. The van der Waals surface area contributed by atoms with E-state index in [4.69, 9.17) is 9.47 Å². The van der Waals surface area contributed by atoms with Crippen molar-refractivity contribution in [2.45, 2.75) is 74.9 Å². The van der Waals surface area contributed by atoms with Crippen molar-refractivity contribution in [3.8, 4) is 23.3 Å². The maximum Gasteiger partial charge on any atom is 0.460 e. The Morgan fingerprint density at radius 2 is 1.52 bits per heavy atom. The molecule has 3 atom stereocenters. The van der Waals surface area contributed by atoms with Crippen LogP contribution in [-0.2, 0) is 21.2 Å². The van der Waals surface area contributed by atoms with Crippen LogP contribution in [0.25, 0.3) is 5.69 Å². The van der Waals surface area contributed by atoms with Crippen LogP contribution in [0, 0.1) is 23.7 Å². The molecule has 0 saturated heterocycles. The lowest BCUT2D eigenvalue weighted by Crippen LogP contribution is -2.60. The van der Waals surface area contributed by atoms with Gasteiger partial charge in [-0.15, -0.1) is 0 Å². The second-order valence-electron chi connectivity index (χ2n) is 11.4. The van der Waals surface area contributed by atoms with Crippen LogP contribution in [0.1, 0.15) is 38.7 Å². The summed E-state index contributed by atoms with van der Waals surface area (Å²) in [5.74, 6) is -15.1. The molecule has 1 unspecified atom stereocenters. The Labute approximate surface area is 281 Å². The van der Waals surface area contributed by atoms with Gasteiger partial charge in [-0.2, -0.15) is 44.2 Å². The van der Waals surface area contributed by atoms with Gasteiger partial charge in [0.05, 0.1) is 24.7 Å². The number of rotatable bonds is 17. The first kappa shape index (κ1) is 40.5. The van der Waals surface area contributed by atoms with E-state index in [1.54, 1.807) is 44.2 Å². The average Bonchev–Trinajstić information content (AvgIpc) is 3.55. The normalized spacial score (nSPS) is 14.8. The van der Waals surface area contributed by atoms with E-state index in [0.717, 1.165) is 4.68 Å². The third-order valence-corrected chi connectivity index (χ3v) is 8.98. The zero-order chi connectivity index (χ0) is 37.4. The van der Waals surface area contributed by atoms with Crippen molar-refractivity contribution in [2.24, 2.45) is 11.8 Å². The lowest BCUT2D eigenvalue weighted by molar-refractivity contribution is -0.396. The van der Waals surface area contributed by atoms with Crippen LogP contribution in [0.2, 0.25) is 0 Å². The average molecular weight is 745 g/mol. The molecule has 2 aromatic carbocycles. The number of sulfone groups is 1. The highest BCUT2D eigenvalue weighted by atomic mass is 32.2. The van der Waals surface area contributed by atoms with Crippen molar-refractivity contribution in [3.05, 3.63) is 60.2 Å². The number of aromatic nitrogens is 4. The molecule has 0 bridgehead atoms. The van der Waals surface area contributed by atoms with Gasteiger partial charge in [0, 0.05) is 18.9 Å². The van der Waals surface area contributed by atoms with Crippen molar-refractivity contribution in [2.75, 3.05) is 19.0 Å². The molecule has 3 aromatic rings. The number of para-hydroxylation sites is 1. The second-order valence-corrected chi connectivity index (χ2v) is 13.3. The molecule has 0 radical (unpaired) electrons. The van der Waals surface area contributed by atoms with Gasteiger partial charge in [0.15, 0.2) is 0 Å². The van der Waals surface area contributed by atoms with Crippen LogP contribution in [0.15, 0.2) is 59.8 Å². The number of halogens is 9. The molecule has 19 heteroatoms. The van der Waals surface area contributed by atoms with Crippen LogP contribution >= 0.6 is 0 Å². The molecule has 1 heterocycles. The molecular formula is C31H33F9N4O5S. The monoisotopic (exact) mass is 744 g/mol. The number of ether oxygens (including phenoxy) is 2. The van der Waals surface area contributed by atoms with Gasteiger partial charge in [-0.25, -0.2) is 8.42 Å². The van der Waals surface area contributed by atoms with E-state index in [1.807, 2.05) is 0 Å². The topological polar surface area (TPSA) is 116 Å². The molecular weight excluding hydrogens is 711 g/mol. The molecule has 0 amide bonds. The number of hydrogen-bond donors (Lipinski definition) is 1. The zero-order valence-corrected chi connectivity index (χ0v) is 27.4. The van der Waals surface area contributed by atoms with Crippen molar-refractivity contribution in [1.29, 1.82) is 0 Å². The third kappa shape index (κ3) is 10.1. The van der Waals surface area contributed by atoms with Gasteiger partial charge < -0.3 is 14.6 Å². The summed E-state index contributed by atoms with van der Waals surface area (Å²) >= 11 is 0. The van der Waals surface area contributed by atoms with E-state index in [9.17, 15) is 53.0 Å². The molecule has 0 aliphatic rings. The van der Waals surface area contributed by atoms with E-state index in [2.05, 4.69) is 27.4 Å². The minimum atomic E-state index is -6.92. The molecule has 0 fully saturated rings. The van der Waals surface area contributed by atoms with Crippen LogP contribution in [-0.4, -0.2) is 82.7 Å². The smallest absolute Gasteiger partial charge is 0.460 e. The quantitative estimate of drug-likeness (QED) is 0.0973. The third-order valence-electron chi connectivity index (χ3n) is 7.23.